The molecule has 7 heteroatoms. The minimum Gasteiger partial charge on any atom is -0.445 e. The summed E-state index contributed by atoms with van der Waals surface area (Å²) in [5, 5.41) is 22.0. The molecule has 7 nitrogen and oxygen atoms in total. The van der Waals surface area contributed by atoms with Gasteiger partial charge in [0.2, 0.25) is 5.91 Å². The Labute approximate surface area is 234 Å². The van der Waals surface area contributed by atoms with Gasteiger partial charge in [0.15, 0.2) is 0 Å². The molecule has 3 unspecified atom stereocenters. The van der Waals surface area contributed by atoms with Crippen molar-refractivity contribution >= 4 is 17.7 Å². The molecule has 4 N–H and O–H groups in total. The number of amides is 2. The third-order valence-electron chi connectivity index (χ3n) is 7.25. The lowest BCUT2D eigenvalue weighted by Crippen LogP contribution is -2.41. The molecule has 39 heavy (non-hydrogen) atoms. The molecule has 0 aliphatic heterocycles. The van der Waals surface area contributed by atoms with E-state index in [9.17, 15) is 19.8 Å². The molecule has 0 fully saturated rings. The topological polar surface area (TPSA) is 113 Å². The van der Waals surface area contributed by atoms with Crippen LogP contribution < -0.4 is 10.6 Å². The second-order valence-electron chi connectivity index (χ2n) is 10.7. The van der Waals surface area contributed by atoms with Crippen molar-refractivity contribution in [1.82, 2.24) is 0 Å². The van der Waals surface area contributed by atoms with E-state index in [2.05, 4.69) is 6.58 Å². The quantitative estimate of drug-likeness (QED) is 0.151. The molecule has 0 bridgehead atoms. The van der Waals surface area contributed by atoms with Crippen LogP contribution in [0.2, 0.25) is 0 Å². The van der Waals surface area contributed by atoms with E-state index in [4.69, 9.17) is 10.5 Å². The van der Waals surface area contributed by atoms with Crippen molar-refractivity contribution in [1.29, 1.82) is 0 Å². The van der Waals surface area contributed by atoms with E-state index >= 15 is 0 Å². The number of aliphatic hydroxyl groups excluding tert-OH is 2. The van der Waals surface area contributed by atoms with Crippen molar-refractivity contribution in [2.45, 2.75) is 66.3 Å². The molecular weight excluding hydrogens is 492 g/mol. The summed E-state index contributed by atoms with van der Waals surface area (Å²) >= 11 is 0. The Balaban J connectivity index is 2.80. The summed E-state index contributed by atoms with van der Waals surface area (Å²) in [5.74, 6) is -1.21. The minimum absolute atomic E-state index is 0.126. The normalized spacial score (nSPS) is 18.5. The highest BCUT2D eigenvalue weighted by molar-refractivity contribution is 6.00. The fourth-order valence-corrected chi connectivity index (χ4v) is 4.86. The fourth-order valence-electron chi connectivity index (χ4n) is 4.86. The number of rotatable bonds is 15. The van der Waals surface area contributed by atoms with Gasteiger partial charge in [-0.2, -0.15) is 0 Å². The SMILES string of the molecule is C=C/C=C\[C@H](C)[C@H](OC(N)=O)[C@@H](C)[C@H](O)[C@@H](C)C/C(C)=C\C(C)C(O)C(C)/C=C\C(=O)N(C)c1ccccc1. The van der Waals surface area contributed by atoms with Crippen molar-refractivity contribution < 1.29 is 24.5 Å². The molecule has 0 heterocycles. The lowest BCUT2D eigenvalue weighted by atomic mass is 9.81. The molecular formula is C32H48N2O5. The highest BCUT2D eigenvalue weighted by Gasteiger charge is 2.33. The Morgan fingerprint density at radius 2 is 1.62 bits per heavy atom. The van der Waals surface area contributed by atoms with E-state index in [1.807, 2.05) is 84.0 Å². The number of aliphatic hydroxyl groups is 2. The molecule has 0 saturated carbocycles. The molecule has 1 aromatic rings. The number of likely N-dealkylation sites (N-methyl/N-ethyl adjacent to an activating group) is 1. The lowest BCUT2D eigenvalue weighted by molar-refractivity contribution is -0.113. The number of nitrogens with two attached hydrogens (primary N) is 1. The third-order valence-corrected chi connectivity index (χ3v) is 7.25. The van der Waals surface area contributed by atoms with Crippen LogP contribution in [0.4, 0.5) is 10.5 Å². The summed E-state index contributed by atoms with van der Waals surface area (Å²) in [7, 11) is 1.72. The van der Waals surface area contributed by atoms with Crippen LogP contribution in [-0.2, 0) is 9.53 Å². The summed E-state index contributed by atoms with van der Waals surface area (Å²) < 4.78 is 5.36. The molecule has 216 valence electrons. The Kier molecular flexibility index (Phi) is 14.5. The molecule has 0 aliphatic rings. The lowest BCUT2D eigenvalue weighted by Gasteiger charge is -2.33. The zero-order chi connectivity index (χ0) is 29.7. The van der Waals surface area contributed by atoms with Crippen molar-refractivity contribution in [2.75, 3.05) is 11.9 Å². The second kappa shape index (κ2) is 16.7. The van der Waals surface area contributed by atoms with Crippen molar-refractivity contribution in [3.8, 4) is 0 Å². The number of nitrogens with zero attached hydrogens (tertiary/aromatic N) is 1. The van der Waals surface area contributed by atoms with Gasteiger partial charge in [-0.15, -0.1) is 0 Å². The highest BCUT2D eigenvalue weighted by Crippen LogP contribution is 2.29. The van der Waals surface area contributed by atoms with Crippen LogP contribution in [0, 0.1) is 29.6 Å². The molecule has 0 radical (unpaired) electrons. The van der Waals surface area contributed by atoms with Gasteiger partial charge < -0.3 is 25.6 Å². The van der Waals surface area contributed by atoms with Crippen LogP contribution in [0.1, 0.15) is 48.0 Å². The van der Waals surface area contributed by atoms with Crippen molar-refractivity contribution in [3.63, 3.8) is 0 Å². The van der Waals surface area contributed by atoms with Gasteiger partial charge in [0.1, 0.15) is 6.10 Å². The van der Waals surface area contributed by atoms with Crippen LogP contribution in [0.3, 0.4) is 0 Å². The van der Waals surface area contributed by atoms with Gasteiger partial charge in [-0.3, -0.25) is 4.79 Å². The predicted molar refractivity (Wildman–Crippen MR) is 159 cm³/mol. The average Bonchev–Trinajstić information content (AvgIpc) is 2.91. The predicted octanol–water partition coefficient (Wildman–Crippen LogP) is 5.65. The first-order valence-corrected chi connectivity index (χ1v) is 13.6. The molecule has 0 aromatic heterocycles. The van der Waals surface area contributed by atoms with E-state index in [-0.39, 0.29) is 35.5 Å². The van der Waals surface area contributed by atoms with Gasteiger partial charge in [0.25, 0.3) is 0 Å². The van der Waals surface area contributed by atoms with E-state index in [0.29, 0.717) is 6.42 Å². The number of hydrogen-bond acceptors (Lipinski definition) is 5. The number of para-hydroxylation sites is 1. The monoisotopic (exact) mass is 540 g/mol. The first-order chi connectivity index (χ1) is 18.3. The highest BCUT2D eigenvalue weighted by atomic mass is 16.6. The maximum Gasteiger partial charge on any atom is 0.404 e. The number of allylic oxidation sites excluding steroid dienone is 3. The van der Waals surface area contributed by atoms with Crippen LogP contribution >= 0.6 is 0 Å². The van der Waals surface area contributed by atoms with Crippen LogP contribution in [-0.4, -0.2) is 47.6 Å². The smallest absolute Gasteiger partial charge is 0.404 e. The largest absolute Gasteiger partial charge is 0.445 e. The maximum absolute atomic E-state index is 12.5. The van der Waals surface area contributed by atoms with E-state index in [0.717, 1.165) is 11.3 Å². The first kappa shape index (κ1) is 33.9. The Hall–Kier alpha value is -3.16. The summed E-state index contributed by atoms with van der Waals surface area (Å²) in [6.07, 6.45) is 8.25. The standard InChI is InChI=1S/C32H48N2O5/c1-9-10-14-23(4)31(39-32(33)38)26(7)30(37)25(6)20-21(2)19-24(5)29(36)22(3)17-18-28(35)34(8)27-15-12-11-13-16-27/h9-19,22-26,29-31,36-37H,1,20H2,2-8H3,(H2,33,38)/b14-10-,18-17-,21-19-/t22?,23-,24?,25-,26-,29?,30+,31-/m0/s1. The average molecular weight is 541 g/mol. The zero-order valence-electron chi connectivity index (χ0n) is 24.5. The summed E-state index contributed by atoms with van der Waals surface area (Å²) in [6.45, 7) is 15.2. The van der Waals surface area contributed by atoms with Crippen LogP contribution in [0.15, 0.2) is 78.9 Å². The zero-order valence-corrected chi connectivity index (χ0v) is 24.5. The summed E-state index contributed by atoms with van der Waals surface area (Å²) in [6, 6.07) is 9.38. The number of carbonyl (C=O) groups excluding carboxylic acids is 2. The molecule has 1 aromatic carbocycles. The molecule has 1 rings (SSSR count). The summed E-state index contributed by atoms with van der Waals surface area (Å²) in [4.78, 5) is 25.6. The number of hydrogen-bond donors (Lipinski definition) is 3. The second-order valence-corrected chi connectivity index (χ2v) is 10.7. The number of ether oxygens (including phenoxy) is 1. The third kappa shape index (κ3) is 11.2. The summed E-state index contributed by atoms with van der Waals surface area (Å²) in [5.41, 5.74) is 7.13. The van der Waals surface area contributed by atoms with Crippen LogP contribution in [0.25, 0.3) is 0 Å². The van der Waals surface area contributed by atoms with E-state index in [1.165, 1.54) is 6.08 Å². The first-order valence-electron chi connectivity index (χ1n) is 13.6. The Bertz CT molecular complexity index is 1000. The molecule has 2 amide bonds. The van der Waals surface area contributed by atoms with Gasteiger partial charge >= 0.3 is 6.09 Å². The van der Waals surface area contributed by atoms with Crippen LogP contribution in [0.5, 0.6) is 0 Å². The molecule has 0 spiro atoms. The molecule has 0 aliphatic carbocycles. The Morgan fingerprint density at radius 1 is 1.00 bits per heavy atom. The number of anilines is 1. The van der Waals surface area contributed by atoms with Gasteiger partial charge in [-0.05, 0) is 37.5 Å². The van der Waals surface area contributed by atoms with Gasteiger partial charge in [0, 0.05) is 36.4 Å². The minimum atomic E-state index is -0.874. The number of carbonyl (C=O) groups is 2. The van der Waals surface area contributed by atoms with Gasteiger partial charge in [0.05, 0.1) is 12.2 Å². The van der Waals surface area contributed by atoms with Crippen molar-refractivity contribution in [3.05, 3.63) is 78.9 Å². The van der Waals surface area contributed by atoms with E-state index in [1.54, 1.807) is 30.2 Å². The number of benzene rings is 1. The van der Waals surface area contributed by atoms with Crippen molar-refractivity contribution in [2.24, 2.45) is 35.3 Å². The Morgan fingerprint density at radius 3 is 2.18 bits per heavy atom. The molecule has 0 saturated heterocycles. The number of primary amides is 1. The van der Waals surface area contributed by atoms with Gasteiger partial charge in [-0.1, -0.05) is 95.3 Å². The maximum atomic E-state index is 12.5. The molecule has 8 atom stereocenters. The van der Waals surface area contributed by atoms with Gasteiger partial charge in [-0.25, -0.2) is 4.79 Å². The van der Waals surface area contributed by atoms with E-state index < -0.39 is 24.4 Å². The fraction of sp³-hybridized carbons (Fsp3) is 0.500.